The number of hydrogen-bond acceptors (Lipinski definition) is 2. The number of phenols is 1. The number of phenolic OH excluding ortho intramolecular Hbond substituents is 1. The molecule has 2 rings (SSSR count). The number of benzene rings is 1. The first-order chi connectivity index (χ1) is 8.16. The molecule has 0 amide bonds. The van der Waals surface area contributed by atoms with Gasteiger partial charge in [0, 0.05) is 0 Å². The molecule has 1 saturated heterocycles. The largest absolute Gasteiger partial charge is 0.506 e. The van der Waals surface area contributed by atoms with Crippen molar-refractivity contribution in [3.8, 4) is 5.75 Å². The summed E-state index contributed by atoms with van der Waals surface area (Å²) in [4.78, 5) is 0. The topological polar surface area (TPSA) is 29.5 Å². The first-order valence-electron chi connectivity index (χ1n) is 6.00. The second-order valence-corrected chi connectivity index (χ2v) is 6.76. The number of rotatable bonds is 1. The molecule has 0 spiro atoms. The Morgan fingerprint density at radius 1 is 1.17 bits per heavy atom. The van der Waals surface area contributed by atoms with Gasteiger partial charge in [0.05, 0.1) is 10.6 Å². The second-order valence-electron chi connectivity index (χ2n) is 6.01. The molecule has 5 heteroatoms. The van der Waals surface area contributed by atoms with Crippen molar-refractivity contribution in [1.29, 1.82) is 0 Å². The predicted molar refractivity (Wildman–Crippen MR) is 77.3 cm³/mol. The molecule has 0 aromatic heterocycles. The van der Waals surface area contributed by atoms with Crippen LogP contribution in [0.15, 0.2) is 12.1 Å². The third-order valence-corrected chi connectivity index (χ3v) is 5.09. The molecule has 1 fully saturated rings. The minimum atomic E-state index is -0.217. The van der Waals surface area contributed by atoms with Crippen molar-refractivity contribution in [2.45, 2.75) is 39.6 Å². The van der Waals surface area contributed by atoms with E-state index >= 15 is 0 Å². The molecule has 18 heavy (non-hydrogen) atoms. The number of aromatic hydroxyl groups is 1. The molecule has 0 bridgehead atoms. The molecule has 1 aromatic carbocycles. The highest BCUT2D eigenvalue weighted by molar-refractivity contribution is 6.71. The van der Waals surface area contributed by atoms with Gasteiger partial charge in [-0.1, -0.05) is 43.1 Å². The maximum atomic E-state index is 9.52. The third kappa shape index (κ3) is 2.13. The first kappa shape index (κ1) is 14.0. The van der Waals surface area contributed by atoms with E-state index in [-0.39, 0.29) is 28.7 Å². The molecule has 0 radical (unpaired) electrons. The van der Waals surface area contributed by atoms with E-state index in [2.05, 4.69) is 27.7 Å². The lowest BCUT2D eigenvalue weighted by Gasteiger charge is -2.34. The fourth-order valence-corrected chi connectivity index (χ4v) is 2.70. The summed E-state index contributed by atoms with van der Waals surface area (Å²) >= 11 is 12.2. The van der Waals surface area contributed by atoms with Crippen LogP contribution >= 0.6 is 23.2 Å². The van der Waals surface area contributed by atoms with E-state index in [9.17, 15) is 5.11 Å². The van der Waals surface area contributed by atoms with Crippen molar-refractivity contribution < 1.29 is 9.76 Å². The van der Waals surface area contributed by atoms with E-state index in [1.54, 1.807) is 12.1 Å². The zero-order valence-corrected chi connectivity index (χ0v) is 12.6. The Morgan fingerprint density at radius 3 is 2.28 bits per heavy atom. The van der Waals surface area contributed by atoms with Crippen molar-refractivity contribution in [1.82, 2.24) is 0 Å². The van der Waals surface area contributed by atoms with Crippen molar-refractivity contribution >= 4 is 35.6 Å². The molecule has 98 valence electrons. The van der Waals surface area contributed by atoms with E-state index in [1.807, 2.05) is 0 Å². The van der Waals surface area contributed by atoms with Gasteiger partial charge in [0.1, 0.15) is 10.8 Å². The van der Waals surface area contributed by atoms with Gasteiger partial charge in [0.15, 0.2) is 0 Å². The molecule has 1 heterocycles. The van der Waals surface area contributed by atoms with E-state index in [0.717, 1.165) is 11.8 Å². The molecular weight excluding hydrogens is 270 g/mol. The highest BCUT2D eigenvalue weighted by atomic mass is 35.5. The van der Waals surface area contributed by atoms with Gasteiger partial charge in [-0.3, -0.25) is 0 Å². The smallest absolute Gasteiger partial charge is 0.329 e. The zero-order chi connectivity index (χ0) is 13.7. The summed E-state index contributed by atoms with van der Waals surface area (Å²) in [6.07, 6.45) is 0.876. The zero-order valence-electron chi connectivity index (χ0n) is 11.1. The van der Waals surface area contributed by atoms with Crippen LogP contribution in [0.1, 0.15) is 27.7 Å². The van der Waals surface area contributed by atoms with Crippen LogP contribution in [0, 0.1) is 5.41 Å². The summed E-state index contributed by atoms with van der Waals surface area (Å²) in [7, 11) is 0. The molecule has 1 N–H and O–H groups in total. The van der Waals surface area contributed by atoms with Crippen molar-refractivity contribution in [3.63, 3.8) is 0 Å². The highest BCUT2D eigenvalue weighted by Crippen LogP contribution is 2.45. The predicted octanol–water partition coefficient (Wildman–Crippen LogP) is 3.73. The van der Waals surface area contributed by atoms with E-state index in [0.29, 0.717) is 5.02 Å². The molecule has 0 aliphatic carbocycles. The number of hydrogen-bond donors (Lipinski definition) is 1. The fourth-order valence-electron chi connectivity index (χ4n) is 2.24. The summed E-state index contributed by atoms with van der Waals surface area (Å²) in [6.45, 7) is 8.46. The Balaban J connectivity index is 2.39. The Morgan fingerprint density at radius 2 is 1.78 bits per heavy atom. The van der Waals surface area contributed by atoms with Crippen LogP contribution in [-0.4, -0.2) is 17.6 Å². The standard InChI is InChI=1S/C13H17BCl2O2/c1-12(2)7-14(18-13(12,3)4)8-5-6-9(17)11(16)10(8)15/h5-6,17H,7H2,1-4H3. The molecule has 1 aliphatic heterocycles. The molecular formula is C13H17BCl2O2. The van der Waals surface area contributed by atoms with E-state index < -0.39 is 0 Å². The Labute approximate surface area is 118 Å². The van der Waals surface area contributed by atoms with Crippen LogP contribution in [0.25, 0.3) is 0 Å². The SMILES string of the molecule is CC1(C)CB(c2ccc(O)c(Cl)c2Cl)OC1(C)C. The lowest BCUT2D eigenvalue weighted by atomic mass is 9.54. The van der Waals surface area contributed by atoms with Crippen molar-refractivity contribution in [3.05, 3.63) is 22.2 Å². The summed E-state index contributed by atoms with van der Waals surface area (Å²) < 4.78 is 6.10. The normalized spacial score (nSPS) is 21.3. The average Bonchev–Trinajstić information content (AvgIpc) is 2.45. The summed E-state index contributed by atoms with van der Waals surface area (Å²) in [5, 5.41) is 10.1. The first-order valence-corrected chi connectivity index (χ1v) is 6.76. The second kappa shape index (κ2) is 4.33. The summed E-state index contributed by atoms with van der Waals surface area (Å²) in [5.74, 6) is 0.00179. The minimum Gasteiger partial charge on any atom is -0.506 e. The average molecular weight is 287 g/mol. The van der Waals surface area contributed by atoms with E-state index in [4.69, 9.17) is 27.9 Å². The summed E-state index contributed by atoms with van der Waals surface area (Å²) in [6, 6.07) is 3.34. The monoisotopic (exact) mass is 286 g/mol. The van der Waals surface area contributed by atoms with Crippen LogP contribution < -0.4 is 5.46 Å². The molecule has 0 unspecified atom stereocenters. The van der Waals surface area contributed by atoms with Gasteiger partial charge < -0.3 is 9.76 Å². The maximum absolute atomic E-state index is 9.52. The van der Waals surface area contributed by atoms with Crippen LogP contribution in [-0.2, 0) is 4.65 Å². The van der Waals surface area contributed by atoms with Crippen molar-refractivity contribution in [2.75, 3.05) is 0 Å². The van der Waals surface area contributed by atoms with Gasteiger partial charge in [-0.15, -0.1) is 0 Å². The van der Waals surface area contributed by atoms with Gasteiger partial charge in [0.2, 0.25) is 0 Å². The summed E-state index contributed by atoms with van der Waals surface area (Å²) in [5.41, 5.74) is 0.689. The van der Waals surface area contributed by atoms with Crippen LogP contribution in [0.3, 0.4) is 0 Å². The molecule has 1 aliphatic rings. The quantitative estimate of drug-likeness (QED) is 0.797. The van der Waals surface area contributed by atoms with E-state index in [1.165, 1.54) is 0 Å². The van der Waals surface area contributed by atoms with Gasteiger partial charge in [-0.2, -0.15) is 0 Å². The molecule has 2 nitrogen and oxygen atoms in total. The van der Waals surface area contributed by atoms with Crippen LogP contribution in [0.5, 0.6) is 5.75 Å². The van der Waals surface area contributed by atoms with Crippen LogP contribution in [0.4, 0.5) is 0 Å². The lowest BCUT2D eigenvalue weighted by molar-refractivity contribution is 0.0375. The Bertz CT molecular complexity index is 470. The third-order valence-electron chi connectivity index (χ3n) is 4.20. The fraction of sp³-hybridized carbons (Fsp3) is 0.538. The van der Waals surface area contributed by atoms with Crippen molar-refractivity contribution in [2.24, 2.45) is 5.41 Å². The maximum Gasteiger partial charge on any atom is 0.329 e. The van der Waals surface area contributed by atoms with Gasteiger partial charge in [-0.05, 0) is 37.1 Å². The Kier molecular flexibility index (Phi) is 3.38. The minimum absolute atomic E-state index is 0.00179. The van der Waals surface area contributed by atoms with Gasteiger partial charge in [0.25, 0.3) is 0 Å². The number of halogens is 2. The molecule has 0 saturated carbocycles. The van der Waals surface area contributed by atoms with Crippen LogP contribution in [0.2, 0.25) is 16.4 Å². The molecule has 0 atom stereocenters. The van der Waals surface area contributed by atoms with Gasteiger partial charge >= 0.3 is 6.92 Å². The highest BCUT2D eigenvalue weighted by Gasteiger charge is 2.50. The molecule has 1 aromatic rings. The Hall–Kier alpha value is -0.375. The lowest BCUT2D eigenvalue weighted by Crippen LogP contribution is -2.36. The van der Waals surface area contributed by atoms with Gasteiger partial charge in [-0.25, -0.2) is 0 Å².